The van der Waals surface area contributed by atoms with Crippen molar-refractivity contribution in [2.75, 3.05) is 19.7 Å². The molecule has 2 aromatic rings. The summed E-state index contributed by atoms with van der Waals surface area (Å²) in [6.45, 7) is 6.55. The van der Waals surface area contributed by atoms with Crippen LogP contribution in [0.3, 0.4) is 0 Å². The number of carbonyl (C=O) groups excluding carboxylic acids is 1. The Balaban J connectivity index is 1.83. The number of amides is 1. The van der Waals surface area contributed by atoms with E-state index < -0.39 is 10.0 Å². The molecule has 0 spiro atoms. The molecule has 0 saturated carbocycles. The van der Waals surface area contributed by atoms with Crippen LogP contribution in [0, 0.1) is 5.92 Å². The van der Waals surface area contributed by atoms with Crippen molar-refractivity contribution < 1.29 is 18.0 Å². The lowest BCUT2D eigenvalue weighted by Gasteiger charge is -2.30. The van der Waals surface area contributed by atoms with E-state index in [1.165, 1.54) is 16.4 Å². The average molecular weight is 395 g/mol. The van der Waals surface area contributed by atoms with Crippen LogP contribution in [0.4, 0.5) is 0 Å². The predicted octanol–water partition coefficient (Wildman–Crippen LogP) is 0.805. The molecule has 9 nitrogen and oxygen atoms in total. The summed E-state index contributed by atoms with van der Waals surface area (Å²) in [6.07, 6.45) is 1.89. The highest BCUT2D eigenvalue weighted by Crippen LogP contribution is 2.25. The van der Waals surface area contributed by atoms with Gasteiger partial charge in [0, 0.05) is 19.1 Å². The molecule has 1 aromatic carbocycles. The molecule has 3 rings (SSSR count). The smallest absolute Gasteiger partial charge is 0.260 e. The fourth-order valence-electron chi connectivity index (χ4n) is 3.13. The first-order chi connectivity index (χ1) is 12.8. The van der Waals surface area contributed by atoms with Gasteiger partial charge >= 0.3 is 0 Å². The van der Waals surface area contributed by atoms with E-state index in [2.05, 4.69) is 22.6 Å². The highest BCUT2D eigenvalue weighted by atomic mass is 32.2. The average Bonchev–Trinajstić information content (AvgIpc) is 3.01. The van der Waals surface area contributed by atoms with Gasteiger partial charge in [-0.25, -0.2) is 8.42 Å². The first kappa shape index (κ1) is 19.6. The Labute approximate surface area is 158 Å². The van der Waals surface area contributed by atoms with Crippen molar-refractivity contribution in [3.05, 3.63) is 18.2 Å². The fourth-order valence-corrected chi connectivity index (χ4v) is 4.75. The lowest BCUT2D eigenvalue weighted by Crippen LogP contribution is -2.39. The molecule has 0 radical (unpaired) electrons. The second-order valence-electron chi connectivity index (χ2n) is 7.22. The third kappa shape index (κ3) is 4.38. The minimum atomic E-state index is -3.60. The number of aromatic nitrogens is 3. The van der Waals surface area contributed by atoms with Gasteiger partial charge in [0.05, 0.1) is 4.90 Å². The van der Waals surface area contributed by atoms with E-state index in [-0.39, 0.29) is 23.5 Å². The van der Waals surface area contributed by atoms with Crippen LogP contribution in [0.5, 0.6) is 0 Å². The van der Waals surface area contributed by atoms with Gasteiger partial charge < -0.3 is 10.2 Å². The van der Waals surface area contributed by atoms with Crippen molar-refractivity contribution in [1.29, 1.82) is 0 Å². The number of sulfonamides is 1. The molecule has 0 unspecified atom stereocenters. The van der Waals surface area contributed by atoms with Crippen LogP contribution in [-0.2, 0) is 14.8 Å². The molecule has 1 saturated heterocycles. The van der Waals surface area contributed by atoms with Gasteiger partial charge in [0.25, 0.3) is 5.91 Å². The standard InChI is InChI=1S/C17H25N5O4S/c1-12(2)18-17(23)11-26-22-16-9-14(6-7-15(16)19-20-22)27(24,25)21-8-4-5-13(3)10-21/h6-7,9,12-13H,4-5,8,10-11H2,1-3H3,(H,18,23)/t13-/m1/s1. The lowest BCUT2D eigenvalue weighted by atomic mass is 10.0. The Morgan fingerprint density at radius 1 is 1.41 bits per heavy atom. The fraction of sp³-hybridized carbons (Fsp3) is 0.588. The maximum Gasteiger partial charge on any atom is 0.260 e. The van der Waals surface area contributed by atoms with Gasteiger partial charge in [0.2, 0.25) is 10.0 Å². The Morgan fingerprint density at radius 2 is 2.19 bits per heavy atom. The summed E-state index contributed by atoms with van der Waals surface area (Å²) in [7, 11) is -3.60. The lowest BCUT2D eigenvalue weighted by molar-refractivity contribution is -0.126. The minimum absolute atomic E-state index is 0.00253. The van der Waals surface area contributed by atoms with Crippen LogP contribution >= 0.6 is 0 Å². The van der Waals surface area contributed by atoms with Gasteiger partial charge in [-0.2, -0.15) is 4.31 Å². The molecule has 1 aliphatic heterocycles. The van der Waals surface area contributed by atoms with Gasteiger partial charge in [-0.1, -0.05) is 11.8 Å². The molecule has 1 atom stereocenters. The van der Waals surface area contributed by atoms with E-state index in [1.54, 1.807) is 6.07 Å². The highest BCUT2D eigenvalue weighted by molar-refractivity contribution is 7.89. The highest BCUT2D eigenvalue weighted by Gasteiger charge is 2.29. The van der Waals surface area contributed by atoms with Crippen LogP contribution in [0.1, 0.15) is 33.6 Å². The first-order valence-electron chi connectivity index (χ1n) is 9.05. The molecule has 148 valence electrons. The Kier molecular flexibility index (Phi) is 5.66. The van der Waals surface area contributed by atoms with Crippen LogP contribution in [0.15, 0.2) is 23.1 Å². The predicted molar refractivity (Wildman–Crippen MR) is 99.4 cm³/mol. The number of hydrogen-bond donors (Lipinski definition) is 1. The zero-order valence-electron chi connectivity index (χ0n) is 15.8. The van der Waals surface area contributed by atoms with Crippen molar-refractivity contribution in [2.24, 2.45) is 5.92 Å². The van der Waals surface area contributed by atoms with Crippen molar-refractivity contribution in [1.82, 2.24) is 24.8 Å². The van der Waals surface area contributed by atoms with Crippen molar-refractivity contribution in [3.63, 3.8) is 0 Å². The molecule has 1 N–H and O–H groups in total. The third-order valence-electron chi connectivity index (χ3n) is 4.41. The molecule has 1 fully saturated rings. The van der Waals surface area contributed by atoms with E-state index in [4.69, 9.17) is 4.84 Å². The number of benzene rings is 1. The van der Waals surface area contributed by atoms with Gasteiger partial charge in [-0.05, 0) is 56.0 Å². The first-order valence-corrected chi connectivity index (χ1v) is 10.5. The summed E-state index contributed by atoms with van der Waals surface area (Å²) in [5.74, 6) is 0.0481. The summed E-state index contributed by atoms with van der Waals surface area (Å²) in [5, 5.41) is 10.5. The maximum absolute atomic E-state index is 13.0. The van der Waals surface area contributed by atoms with Crippen molar-refractivity contribution >= 4 is 27.0 Å². The Bertz CT molecular complexity index is 925. The number of rotatable bonds is 6. The number of fused-ring (bicyclic) bond motifs is 1. The second-order valence-corrected chi connectivity index (χ2v) is 9.16. The van der Waals surface area contributed by atoms with Crippen LogP contribution in [0.25, 0.3) is 11.0 Å². The normalized spacial score (nSPS) is 18.7. The summed E-state index contributed by atoms with van der Waals surface area (Å²) in [6, 6.07) is 4.61. The quantitative estimate of drug-likeness (QED) is 0.776. The van der Waals surface area contributed by atoms with E-state index in [0.717, 1.165) is 17.7 Å². The Hall–Kier alpha value is -2.20. The second kappa shape index (κ2) is 7.81. The van der Waals surface area contributed by atoms with E-state index in [0.29, 0.717) is 30.0 Å². The van der Waals surface area contributed by atoms with Gasteiger partial charge in [0.1, 0.15) is 11.0 Å². The van der Waals surface area contributed by atoms with Crippen molar-refractivity contribution in [3.8, 4) is 0 Å². The third-order valence-corrected chi connectivity index (χ3v) is 6.27. The summed E-state index contributed by atoms with van der Waals surface area (Å²) >= 11 is 0. The summed E-state index contributed by atoms with van der Waals surface area (Å²) in [4.78, 5) is 18.4. The molecule has 1 aliphatic rings. The van der Waals surface area contributed by atoms with E-state index in [1.807, 2.05) is 13.8 Å². The molecule has 0 bridgehead atoms. The monoisotopic (exact) mass is 395 g/mol. The topological polar surface area (TPSA) is 106 Å². The summed E-state index contributed by atoms with van der Waals surface area (Å²) in [5.41, 5.74) is 0.892. The Morgan fingerprint density at radius 3 is 2.89 bits per heavy atom. The number of nitrogens with zero attached hydrogens (tertiary/aromatic N) is 4. The molecule has 27 heavy (non-hydrogen) atoms. The molecule has 1 amide bonds. The molecular formula is C17H25N5O4S. The van der Waals surface area contributed by atoms with Crippen LogP contribution < -0.4 is 10.2 Å². The molecule has 0 aliphatic carbocycles. The minimum Gasteiger partial charge on any atom is -0.385 e. The van der Waals surface area contributed by atoms with Gasteiger partial charge in [-0.15, -0.1) is 5.10 Å². The van der Waals surface area contributed by atoms with Gasteiger partial charge in [0.15, 0.2) is 6.61 Å². The zero-order chi connectivity index (χ0) is 19.6. The van der Waals surface area contributed by atoms with E-state index in [9.17, 15) is 13.2 Å². The van der Waals surface area contributed by atoms with Gasteiger partial charge in [-0.3, -0.25) is 4.79 Å². The molecular weight excluding hydrogens is 370 g/mol. The largest absolute Gasteiger partial charge is 0.385 e. The summed E-state index contributed by atoms with van der Waals surface area (Å²) < 4.78 is 27.5. The SMILES string of the molecule is CC(C)NC(=O)COn1nnc2ccc(S(=O)(=O)N3CCC[C@@H](C)C3)cc21. The molecule has 10 heteroatoms. The molecule has 2 heterocycles. The van der Waals surface area contributed by atoms with Crippen LogP contribution in [0.2, 0.25) is 0 Å². The molecule has 1 aromatic heterocycles. The van der Waals surface area contributed by atoms with E-state index >= 15 is 0 Å². The zero-order valence-corrected chi connectivity index (χ0v) is 16.6. The number of nitrogens with one attached hydrogen (secondary N) is 1. The number of carbonyl (C=O) groups is 1. The van der Waals surface area contributed by atoms with Crippen LogP contribution in [-0.4, -0.2) is 59.5 Å². The number of hydrogen-bond acceptors (Lipinski definition) is 6. The van der Waals surface area contributed by atoms with Crippen molar-refractivity contribution in [2.45, 2.75) is 44.6 Å². The number of piperidine rings is 1. The maximum atomic E-state index is 13.0.